The summed E-state index contributed by atoms with van der Waals surface area (Å²) in [6, 6.07) is 6.28. The molecule has 0 bridgehead atoms. The van der Waals surface area contributed by atoms with Crippen LogP contribution in [0.3, 0.4) is 0 Å². The van der Waals surface area contributed by atoms with Gasteiger partial charge in [0.25, 0.3) is 0 Å². The van der Waals surface area contributed by atoms with Crippen molar-refractivity contribution >= 4 is 16.7 Å². The Labute approximate surface area is 125 Å². The highest BCUT2D eigenvalue weighted by Crippen LogP contribution is 2.24. The Kier molecular flexibility index (Phi) is 3.87. The monoisotopic (exact) mass is 277 g/mol. The van der Waals surface area contributed by atoms with Crippen molar-refractivity contribution in [3.8, 4) is 0 Å². The highest BCUT2D eigenvalue weighted by atomic mass is 16.3. The molecule has 1 aliphatic carbocycles. The van der Waals surface area contributed by atoms with Crippen LogP contribution in [0.1, 0.15) is 31.2 Å². The lowest BCUT2D eigenvalue weighted by atomic mass is 10.1. The van der Waals surface area contributed by atoms with Crippen LogP contribution < -0.4 is 0 Å². The summed E-state index contributed by atoms with van der Waals surface area (Å²) in [5.74, 6) is 0.660. The van der Waals surface area contributed by atoms with Gasteiger partial charge in [0.2, 0.25) is 5.89 Å². The fraction of sp³-hybridized carbons (Fsp3) is 0.211. The second-order valence-electron chi connectivity index (χ2n) is 5.31. The first-order chi connectivity index (χ1) is 10.3. The van der Waals surface area contributed by atoms with Crippen molar-refractivity contribution in [2.75, 3.05) is 0 Å². The van der Waals surface area contributed by atoms with Gasteiger partial charge in [-0.15, -0.1) is 0 Å². The molecule has 2 heteroatoms. The molecule has 21 heavy (non-hydrogen) atoms. The predicted octanol–water partition coefficient (Wildman–Crippen LogP) is 5.24. The molecule has 1 aromatic heterocycles. The van der Waals surface area contributed by atoms with E-state index in [0.29, 0.717) is 5.89 Å². The number of hydrogen-bond donors (Lipinski definition) is 0. The van der Waals surface area contributed by atoms with Crippen molar-refractivity contribution in [2.45, 2.75) is 26.2 Å². The van der Waals surface area contributed by atoms with Crippen LogP contribution in [0.15, 0.2) is 65.1 Å². The molecular weight excluding hydrogens is 258 g/mol. The van der Waals surface area contributed by atoms with Crippen LogP contribution in [0.4, 0.5) is 0 Å². The molecule has 0 unspecified atom stereocenters. The largest absolute Gasteiger partial charge is 0.436 e. The zero-order chi connectivity index (χ0) is 14.7. The Morgan fingerprint density at radius 3 is 2.95 bits per heavy atom. The number of nitrogens with zero attached hydrogens (tertiary/aromatic N) is 1. The molecule has 106 valence electrons. The maximum absolute atomic E-state index is 5.86. The molecule has 0 atom stereocenters. The summed E-state index contributed by atoms with van der Waals surface area (Å²) >= 11 is 0. The number of oxazole rings is 1. The number of benzene rings is 1. The van der Waals surface area contributed by atoms with E-state index < -0.39 is 0 Å². The molecule has 0 saturated heterocycles. The van der Waals surface area contributed by atoms with E-state index in [-0.39, 0.29) is 0 Å². The van der Waals surface area contributed by atoms with E-state index in [9.17, 15) is 0 Å². The van der Waals surface area contributed by atoms with E-state index in [1.54, 1.807) is 0 Å². The zero-order valence-electron chi connectivity index (χ0n) is 12.3. The summed E-state index contributed by atoms with van der Waals surface area (Å²) < 4.78 is 5.86. The van der Waals surface area contributed by atoms with Gasteiger partial charge in [-0.05, 0) is 48.3 Å². The Bertz CT molecular complexity index is 759. The summed E-state index contributed by atoms with van der Waals surface area (Å²) in [4.78, 5) is 4.62. The van der Waals surface area contributed by atoms with Crippen LogP contribution in [0.5, 0.6) is 0 Å². The van der Waals surface area contributed by atoms with Crippen LogP contribution in [-0.2, 0) is 6.42 Å². The highest BCUT2D eigenvalue weighted by molar-refractivity contribution is 5.80. The van der Waals surface area contributed by atoms with Crippen molar-refractivity contribution in [3.63, 3.8) is 0 Å². The summed E-state index contributed by atoms with van der Waals surface area (Å²) in [6.45, 7) is 6.13. The van der Waals surface area contributed by atoms with Gasteiger partial charge in [0.1, 0.15) is 5.52 Å². The van der Waals surface area contributed by atoms with Gasteiger partial charge in [0.05, 0.1) is 0 Å². The van der Waals surface area contributed by atoms with Gasteiger partial charge >= 0.3 is 0 Å². The number of hydrogen-bond acceptors (Lipinski definition) is 2. The fourth-order valence-corrected chi connectivity index (χ4v) is 2.36. The topological polar surface area (TPSA) is 26.0 Å². The third kappa shape index (κ3) is 3.05. The molecule has 2 nitrogen and oxygen atoms in total. The summed E-state index contributed by atoms with van der Waals surface area (Å²) in [6.07, 6.45) is 13.4. The first-order valence-corrected chi connectivity index (χ1v) is 7.41. The maximum atomic E-state index is 5.86. The van der Waals surface area contributed by atoms with Crippen molar-refractivity contribution < 1.29 is 4.42 Å². The van der Waals surface area contributed by atoms with Crippen molar-refractivity contribution in [2.24, 2.45) is 0 Å². The molecule has 1 aliphatic rings. The van der Waals surface area contributed by atoms with Gasteiger partial charge in [-0.3, -0.25) is 0 Å². The van der Waals surface area contributed by atoms with Gasteiger partial charge in [0, 0.05) is 5.57 Å². The van der Waals surface area contributed by atoms with Gasteiger partial charge < -0.3 is 4.42 Å². The number of unbranched alkanes of at least 4 members (excludes halogenated alkanes) is 1. The summed E-state index contributed by atoms with van der Waals surface area (Å²) in [5.41, 5.74) is 5.03. The van der Waals surface area contributed by atoms with Crippen LogP contribution in [-0.4, -0.2) is 4.98 Å². The number of aromatic nitrogens is 1. The molecule has 0 amide bonds. The van der Waals surface area contributed by atoms with Crippen molar-refractivity contribution in [1.82, 2.24) is 4.98 Å². The third-order valence-corrected chi connectivity index (χ3v) is 3.58. The number of aryl methyl sites for hydroxylation is 1. The quantitative estimate of drug-likeness (QED) is 0.764. The third-order valence-electron chi connectivity index (χ3n) is 3.58. The van der Waals surface area contributed by atoms with Crippen molar-refractivity contribution in [3.05, 3.63) is 72.2 Å². The van der Waals surface area contributed by atoms with E-state index >= 15 is 0 Å². The first kappa shape index (κ1) is 13.6. The normalized spacial score (nSPS) is 14.5. The molecule has 0 fully saturated rings. The molecule has 0 aliphatic heterocycles. The molecule has 1 heterocycles. The lowest BCUT2D eigenvalue weighted by Crippen LogP contribution is -1.84. The molecule has 0 spiro atoms. The van der Waals surface area contributed by atoms with Crippen LogP contribution in [0.25, 0.3) is 16.7 Å². The fourth-order valence-electron chi connectivity index (χ4n) is 2.36. The molecular formula is C19H19NO. The number of allylic oxidation sites excluding steroid dienone is 7. The summed E-state index contributed by atoms with van der Waals surface area (Å²) in [7, 11) is 0. The van der Waals surface area contributed by atoms with E-state index in [0.717, 1.165) is 28.7 Å². The van der Waals surface area contributed by atoms with Crippen LogP contribution in [0, 0.1) is 0 Å². The summed E-state index contributed by atoms with van der Waals surface area (Å²) in [5, 5.41) is 0. The number of rotatable bonds is 4. The van der Waals surface area contributed by atoms with Crippen molar-refractivity contribution in [1.29, 1.82) is 0 Å². The first-order valence-electron chi connectivity index (χ1n) is 7.41. The SMILES string of the molecule is C=C1C=CC=C(c2nc3cc(CCCC)ccc3o2)C=C1. The van der Waals surface area contributed by atoms with Crippen LogP contribution in [0.2, 0.25) is 0 Å². The van der Waals surface area contributed by atoms with E-state index in [4.69, 9.17) is 4.42 Å². The van der Waals surface area contributed by atoms with Gasteiger partial charge in [-0.25, -0.2) is 4.98 Å². The van der Waals surface area contributed by atoms with Gasteiger partial charge in [-0.1, -0.05) is 44.2 Å². The average molecular weight is 277 g/mol. The minimum absolute atomic E-state index is 0.660. The Balaban J connectivity index is 1.94. The van der Waals surface area contributed by atoms with E-state index in [2.05, 4.69) is 30.6 Å². The second-order valence-corrected chi connectivity index (χ2v) is 5.31. The molecule has 0 N–H and O–H groups in total. The standard InChI is InChI=1S/C19H19NO/c1-3-4-7-15-10-12-18-17(13-15)20-19(21-18)16-8-5-6-14(2)9-11-16/h5-6,8-13H,2-4,7H2,1H3. The molecule has 0 saturated carbocycles. The smallest absolute Gasteiger partial charge is 0.227 e. The Hall–Kier alpha value is -2.35. The maximum Gasteiger partial charge on any atom is 0.227 e. The Morgan fingerprint density at radius 1 is 1.19 bits per heavy atom. The minimum Gasteiger partial charge on any atom is -0.436 e. The zero-order valence-corrected chi connectivity index (χ0v) is 12.3. The predicted molar refractivity (Wildman–Crippen MR) is 88.0 cm³/mol. The molecule has 1 aromatic carbocycles. The lowest BCUT2D eigenvalue weighted by molar-refractivity contribution is 0.585. The van der Waals surface area contributed by atoms with E-state index in [1.165, 1.54) is 18.4 Å². The minimum atomic E-state index is 0.660. The molecule has 3 rings (SSSR count). The average Bonchev–Trinajstić information content (AvgIpc) is 2.79. The lowest BCUT2D eigenvalue weighted by Gasteiger charge is -1.97. The second kappa shape index (κ2) is 5.96. The number of fused-ring (bicyclic) bond motifs is 1. The Morgan fingerprint density at radius 2 is 2.10 bits per heavy atom. The highest BCUT2D eigenvalue weighted by Gasteiger charge is 2.09. The van der Waals surface area contributed by atoms with E-state index in [1.807, 2.05) is 36.4 Å². The molecule has 0 radical (unpaired) electrons. The van der Waals surface area contributed by atoms with Gasteiger partial charge in [0.15, 0.2) is 5.58 Å². The van der Waals surface area contributed by atoms with Gasteiger partial charge in [-0.2, -0.15) is 0 Å². The molecule has 2 aromatic rings. The van der Waals surface area contributed by atoms with Crippen LogP contribution >= 0.6 is 0 Å².